The molecule has 1 aromatic heterocycles. The number of carbonyl (C=O) groups is 1. The molecule has 1 heterocycles. The molecule has 1 amide bonds. The minimum Gasteiger partial charge on any atom is -0.505 e. The molecule has 0 saturated carbocycles. The molecule has 3 aromatic rings. The normalized spacial score (nSPS) is 10.6. The van der Waals surface area contributed by atoms with Gasteiger partial charge in [0.1, 0.15) is 0 Å². The van der Waals surface area contributed by atoms with E-state index in [2.05, 4.69) is 10.4 Å². The van der Waals surface area contributed by atoms with Crippen molar-refractivity contribution in [2.24, 2.45) is 0 Å². The smallest absolute Gasteiger partial charge is 0.279 e. The van der Waals surface area contributed by atoms with E-state index in [9.17, 15) is 14.7 Å². The molecule has 0 unspecified atom stereocenters. The van der Waals surface area contributed by atoms with E-state index < -0.39 is 17.2 Å². The molecule has 0 fully saturated rings. The molecule has 0 saturated heterocycles. The molecule has 0 aliphatic rings. The van der Waals surface area contributed by atoms with Crippen molar-refractivity contribution in [3.8, 4) is 11.4 Å². The van der Waals surface area contributed by atoms with Crippen LogP contribution in [0.5, 0.6) is 5.75 Å². The van der Waals surface area contributed by atoms with E-state index >= 15 is 0 Å². The SMILES string of the molecule is Cc1cccc(-n2nc(C(=O)Nc3ccc(C)c(C)c3)c(O)cc2=O)c1. The van der Waals surface area contributed by atoms with Gasteiger partial charge in [-0.15, -0.1) is 0 Å². The summed E-state index contributed by atoms with van der Waals surface area (Å²) in [5.74, 6) is -1.05. The maximum absolute atomic E-state index is 12.5. The van der Waals surface area contributed by atoms with Gasteiger partial charge in [-0.3, -0.25) is 9.59 Å². The van der Waals surface area contributed by atoms with Crippen LogP contribution in [0, 0.1) is 20.8 Å². The lowest BCUT2D eigenvalue weighted by Crippen LogP contribution is -2.25. The molecule has 132 valence electrons. The second-order valence-electron chi connectivity index (χ2n) is 6.22. The van der Waals surface area contributed by atoms with Gasteiger partial charge >= 0.3 is 0 Å². The summed E-state index contributed by atoms with van der Waals surface area (Å²) >= 11 is 0. The second kappa shape index (κ2) is 6.84. The van der Waals surface area contributed by atoms with E-state index in [1.807, 2.05) is 39.0 Å². The Morgan fingerprint density at radius 2 is 1.81 bits per heavy atom. The van der Waals surface area contributed by atoms with E-state index in [0.29, 0.717) is 11.4 Å². The Balaban J connectivity index is 1.99. The van der Waals surface area contributed by atoms with E-state index in [4.69, 9.17) is 0 Å². The third-order valence-electron chi connectivity index (χ3n) is 4.14. The standard InChI is InChI=1S/C20H19N3O3/c1-12-5-4-6-16(9-12)23-18(25)11-17(24)19(22-23)20(26)21-15-8-7-13(2)14(3)10-15/h4-11,24H,1-3H3,(H,21,26). The van der Waals surface area contributed by atoms with E-state index in [0.717, 1.165) is 27.4 Å². The Bertz CT molecular complexity index is 1050. The lowest BCUT2D eigenvalue weighted by atomic mass is 10.1. The van der Waals surface area contributed by atoms with Gasteiger partial charge in [0.2, 0.25) is 0 Å². The van der Waals surface area contributed by atoms with Gasteiger partial charge in [0, 0.05) is 11.8 Å². The molecule has 2 N–H and O–H groups in total. The summed E-state index contributed by atoms with van der Waals surface area (Å²) in [5.41, 5.74) is 3.47. The van der Waals surface area contributed by atoms with Gasteiger partial charge < -0.3 is 10.4 Å². The second-order valence-corrected chi connectivity index (χ2v) is 6.22. The van der Waals surface area contributed by atoms with Crippen LogP contribution in [0.15, 0.2) is 53.3 Å². The fourth-order valence-electron chi connectivity index (χ4n) is 2.56. The zero-order chi connectivity index (χ0) is 18.8. The maximum atomic E-state index is 12.5. The van der Waals surface area contributed by atoms with Crippen molar-refractivity contribution in [2.75, 3.05) is 5.32 Å². The Labute approximate surface area is 150 Å². The Morgan fingerprint density at radius 3 is 2.50 bits per heavy atom. The van der Waals surface area contributed by atoms with E-state index in [1.54, 1.807) is 24.3 Å². The molecule has 0 bridgehead atoms. The summed E-state index contributed by atoms with van der Waals surface area (Å²) in [4.78, 5) is 24.7. The van der Waals surface area contributed by atoms with Crippen molar-refractivity contribution in [3.05, 3.63) is 81.3 Å². The summed E-state index contributed by atoms with van der Waals surface area (Å²) in [6, 6.07) is 13.7. The van der Waals surface area contributed by atoms with Gasteiger partial charge in [0.05, 0.1) is 5.69 Å². The van der Waals surface area contributed by atoms with Gasteiger partial charge in [-0.05, 0) is 61.7 Å². The fraction of sp³-hybridized carbons (Fsp3) is 0.150. The number of aromatic nitrogens is 2. The molecular formula is C20H19N3O3. The van der Waals surface area contributed by atoms with Crippen molar-refractivity contribution >= 4 is 11.6 Å². The minimum absolute atomic E-state index is 0.218. The van der Waals surface area contributed by atoms with Crippen LogP contribution in [0.1, 0.15) is 27.2 Å². The fourth-order valence-corrected chi connectivity index (χ4v) is 2.56. The van der Waals surface area contributed by atoms with E-state index in [-0.39, 0.29) is 5.69 Å². The first-order valence-electron chi connectivity index (χ1n) is 8.14. The molecule has 6 heteroatoms. The molecule has 0 aliphatic carbocycles. The number of nitrogens with one attached hydrogen (secondary N) is 1. The summed E-state index contributed by atoms with van der Waals surface area (Å²) in [6.45, 7) is 5.81. The van der Waals surface area contributed by atoms with Crippen LogP contribution in [0.2, 0.25) is 0 Å². The third-order valence-corrected chi connectivity index (χ3v) is 4.14. The first kappa shape index (κ1) is 17.4. The lowest BCUT2D eigenvalue weighted by molar-refractivity contribution is 0.101. The van der Waals surface area contributed by atoms with Gasteiger partial charge in [0.15, 0.2) is 11.4 Å². The monoisotopic (exact) mass is 349 g/mol. The number of rotatable bonds is 3. The van der Waals surface area contributed by atoms with Crippen molar-refractivity contribution in [2.45, 2.75) is 20.8 Å². The molecule has 3 rings (SSSR count). The van der Waals surface area contributed by atoms with Crippen molar-refractivity contribution in [1.29, 1.82) is 0 Å². The van der Waals surface area contributed by atoms with Crippen molar-refractivity contribution in [1.82, 2.24) is 9.78 Å². The Hall–Kier alpha value is -3.41. The molecule has 2 aromatic carbocycles. The van der Waals surface area contributed by atoms with E-state index in [1.165, 1.54) is 0 Å². The summed E-state index contributed by atoms with van der Waals surface area (Å²) < 4.78 is 1.10. The van der Waals surface area contributed by atoms with Crippen molar-refractivity contribution in [3.63, 3.8) is 0 Å². The molecule has 0 atom stereocenters. The number of amides is 1. The number of carbonyl (C=O) groups excluding carboxylic acids is 1. The molecule has 0 spiro atoms. The van der Waals surface area contributed by atoms with Gasteiger partial charge in [-0.25, -0.2) is 0 Å². The number of benzene rings is 2. The quantitative estimate of drug-likeness (QED) is 0.761. The first-order valence-corrected chi connectivity index (χ1v) is 8.14. The highest BCUT2D eigenvalue weighted by Crippen LogP contribution is 2.18. The number of aromatic hydroxyl groups is 1. The molecule has 26 heavy (non-hydrogen) atoms. The molecular weight excluding hydrogens is 330 g/mol. The van der Waals surface area contributed by atoms with Crippen LogP contribution in [-0.4, -0.2) is 20.8 Å². The lowest BCUT2D eigenvalue weighted by Gasteiger charge is -2.11. The topological polar surface area (TPSA) is 84.2 Å². The Morgan fingerprint density at radius 1 is 1.04 bits per heavy atom. The van der Waals surface area contributed by atoms with Crippen LogP contribution in [0.3, 0.4) is 0 Å². The summed E-state index contributed by atoms with van der Waals surface area (Å²) in [6.07, 6.45) is 0. The third kappa shape index (κ3) is 3.49. The average molecular weight is 349 g/mol. The molecule has 6 nitrogen and oxygen atoms in total. The number of hydrogen-bond acceptors (Lipinski definition) is 4. The van der Waals surface area contributed by atoms with Crippen LogP contribution in [-0.2, 0) is 0 Å². The highest BCUT2D eigenvalue weighted by atomic mass is 16.3. The largest absolute Gasteiger partial charge is 0.505 e. The predicted molar refractivity (Wildman–Crippen MR) is 100 cm³/mol. The zero-order valence-electron chi connectivity index (χ0n) is 14.8. The Kier molecular flexibility index (Phi) is 4.58. The van der Waals surface area contributed by atoms with Gasteiger partial charge in [-0.1, -0.05) is 18.2 Å². The highest BCUT2D eigenvalue weighted by Gasteiger charge is 2.17. The zero-order valence-corrected chi connectivity index (χ0v) is 14.8. The van der Waals surface area contributed by atoms with Crippen LogP contribution >= 0.6 is 0 Å². The number of anilines is 1. The molecule has 0 radical (unpaired) electrons. The van der Waals surface area contributed by atoms with Gasteiger partial charge in [-0.2, -0.15) is 9.78 Å². The molecule has 0 aliphatic heterocycles. The minimum atomic E-state index is -0.591. The van der Waals surface area contributed by atoms with Crippen LogP contribution < -0.4 is 10.9 Å². The maximum Gasteiger partial charge on any atom is 0.279 e. The van der Waals surface area contributed by atoms with Gasteiger partial charge in [0.25, 0.3) is 11.5 Å². The summed E-state index contributed by atoms with van der Waals surface area (Å²) in [7, 11) is 0. The average Bonchev–Trinajstić information content (AvgIpc) is 2.58. The number of hydrogen-bond donors (Lipinski definition) is 2. The number of nitrogens with zero attached hydrogens (tertiary/aromatic N) is 2. The summed E-state index contributed by atoms with van der Waals surface area (Å²) in [5, 5.41) is 16.8. The van der Waals surface area contributed by atoms with Crippen LogP contribution in [0.4, 0.5) is 5.69 Å². The first-order chi connectivity index (χ1) is 12.3. The van der Waals surface area contributed by atoms with Crippen molar-refractivity contribution < 1.29 is 9.90 Å². The predicted octanol–water partition coefficient (Wildman–Crippen LogP) is 3.12. The highest BCUT2D eigenvalue weighted by molar-refractivity contribution is 6.04. The van der Waals surface area contributed by atoms with Crippen LogP contribution in [0.25, 0.3) is 5.69 Å². The number of aryl methyl sites for hydroxylation is 3.